The van der Waals surface area contributed by atoms with Crippen LogP contribution in [0.25, 0.3) is 0 Å². The van der Waals surface area contributed by atoms with Crippen molar-refractivity contribution in [2.75, 3.05) is 6.61 Å². The van der Waals surface area contributed by atoms with E-state index in [2.05, 4.69) is 15.9 Å². The molecule has 2 rings (SSSR count). The lowest BCUT2D eigenvalue weighted by Crippen LogP contribution is -2.33. The topological polar surface area (TPSA) is 9.23 Å². The van der Waals surface area contributed by atoms with Crippen molar-refractivity contribution in [3.63, 3.8) is 0 Å². The fourth-order valence-electron chi connectivity index (χ4n) is 2.77. The van der Waals surface area contributed by atoms with E-state index in [0.29, 0.717) is 16.8 Å². The van der Waals surface area contributed by atoms with Crippen molar-refractivity contribution < 1.29 is 17.9 Å². The number of halogens is 4. The van der Waals surface area contributed by atoms with Crippen LogP contribution in [0.5, 0.6) is 0 Å². The van der Waals surface area contributed by atoms with Gasteiger partial charge in [0.25, 0.3) is 0 Å². The van der Waals surface area contributed by atoms with E-state index in [0.717, 1.165) is 50.0 Å². The summed E-state index contributed by atoms with van der Waals surface area (Å²) >= 11 is 3.64. The average Bonchev–Trinajstić information content (AvgIpc) is 2.36. The molecule has 0 bridgehead atoms. The molecular formula is C16H20BrF3O. The smallest absolute Gasteiger partial charge is 0.378 e. The van der Waals surface area contributed by atoms with Crippen molar-refractivity contribution in [2.45, 2.75) is 49.7 Å². The first kappa shape index (κ1) is 16.8. The molecule has 21 heavy (non-hydrogen) atoms. The van der Waals surface area contributed by atoms with E-state index >= 15 is 0 Å². The van der Waals surface area contributed by atoms with Crippen LogP contribution in [0, 0.1) is 5.92 Å². The molecule has 1 atom stereocenters. The van der Waals surface area contributed by atoms with Crippen LogP contribution >= 0.6 is 15.9 Å². The van der Waals surface area contributed by atoms with Gasteiger partial charge in [0.2, 0.25) is 0 Å². The Morgan fingerprint density at radius 1 is 1.24 bits per heavy atom. The van der Waals surface area contributed by atoms with Crippen LogP contribution in [0.3, 0.4) is 0 Å². The van der Waals surface area contributed by atoms with Gasteiger partial charge in [-0.15, -0.1) is 0 Å². The number of hydrogen-bond donors (Lipinski definition) is 0. The Morgan fingerprint density at radius 2 is 1.86 bits per heavy atom. The molecule has 0 spiro atoms. The van der Waals surface area contributed by atoms with Crippen molar-refractivity contribution in [2.24, 2.45) is 5.92 Å². The summed E-state index contributed by atoms with van der Waals surface area (Å²) in [5, 5.41) is 0. The van der Waals surface area contributed by atoms with Gasteiger partial charge in [-0.3, -0.25) is 0 Å². The largest absolute Gasteiger partial charge is 0.416 e. The highest BCUT2D eigenvalue weighted by molar-refractivity contribution is 9.09. The second-order valence-corrected chi connectivity index (χ2v) is 6.94. The number of benzene rings is 1. The lowest BCUT2D eigenvalue weighted by Gasteiger charge is -2.36. The van der Waals surface area contributed by atoms with Gasteiger partial charge in [-0.2, -0.15) is 13.2 Å². The van der Waals surface area contributed by atoms with Crippen LogP contribution in [0.4, 0.5) is 13.2 Å². The molecule has 1 unspecified atom stereocenters. The fourth-order valence-corrected chi connectivity index (χ4v) is 3.67. The van der Waals surface area contributed by atoms with Crippen molar-refractivity contribution in [1.29, 1.82) is 0 Å². The Bertz CT molecular complexity index is 438. The molecule has 0 aliphatic heterocycles. The molecule has 1 aromatic carbocycles. The monoisotopic (exact) mass is 364 g/mol. The molecule has 1 saturated carbocycles. The van der Waals surface area contributed by atoms with E-state index in [1.165, 1.54) is 0 Å². The maximum atomic E-state index is 12.5. The summed E-state index contributed by atoms with van der Waals surface area (Å²) in [4.78, 5) is 0.307. The van der Waals surface area contributed by atoms with Crippen molar-refractivity contribution in [3.8, 4) is 0 Å². The van der Waals surface area contributed by atoms with Crippen LogP contribution in [-0.4, -0.2) is 17.5 Å². The second-order valence-electron chi connectivity index (χ2n) is 5.65. The Kier molecular flexibility index (Phi) is 5.72. The van der Waals surface area contributed by atoms with Crippen molar-refractivity contribution >= 4 is 15.9 Å². The van der Waals surface area contributed by atoms with Gasteiger partial charge in [0, 0.05) is 11.4 Å². The maximum Gasteiger partial charge on any atom is 0.416 e. The molecule has 1 aromatic rings. The predicted molar refractivity (Wildman–Crippen MR) is 80.6 cm³/mol. The first-order valence-electron chi connectivity index (χ1n) is 7.30. The highest BCUT2D eigenvalue weighted by atomic mass is 79.9. The standard InChI is InChI=1S/C16H20BrF3O/c1-2-21-15-9-12(10-15)8-14(17)7-11-3-5-13(6-4-11)16(18,19)20/h3-6,12,14-15H,2,7-10H2,1H3. The third-order valence-corrected chi connectivity index (χ3v) is 4.62. The van der Waals surface area contributed by atoms with E-state index in [1.54, 1.807) is 12.1 Å². The van der Waals surface area contributed by atoms with Gasteiger partial charge < -0.3 is 4.74 Å². The summed E-state index contributed by atoms with van der Waals surface area (Å²) in [5.74, 6) is 0.667. The molecule has 0 N–H and O–H groups in total. The minimum Gasteiger partial charge on any atom is -0.378 e. The molecule has 0 amide bonds. The average molecular weight is 365 g/mol. The molecule has 118 valence electrons. The zero-order valence-corrected chi connectivity index (χ0v) is 13.6. The highest BCUT2D eigenvalue weighted by Gasteiger charge is 2.31. The number of rotatable bonds is 6. The molecular weight excluding hydrogens is 345 g/mol. The van der Waals surface area contributed by atoms with E-state index in [4.69, 9.17) is 4.74 Å². The van der Waals surface area contributed by atoms with Gasteiger partial charge in [0.05, 0.1) is 11.7 Å². The summed E-state index contributed by atoms with van der Waals surface area (Å²) in [5.41, 5.74) is 0.349. The minimum atomic E-state index is -4.26. The lowest BCUT2D eigenvalue weighted by molar-refractivity contribution is -0.137. The molecule has 0 heterocycles. The van der Waals surface area contributed by atoms with Crippen LogP contribution in [0.1, 0.15) is 37.3 Å². The van der Waals surface area contributed by atoms with Crippen LogP contribution in [0.2, 0.25) is 0 Å². The Morgan fingerprint density at radius 3 is 2.38 bits per heavy atom. The number of ether oxygens (including phenoxy) is 1. The predicted octanol–water partition coefficient (Wildman–Crippen LogP) is 5.22. The van der Waals surface area contributed by atoms with Gasteiger partial charge in [-0.25, -0.2) is 0 Å². The zero-order chi connectivity index (χ0) is 15.5. The molecule has 5 heteroatoms. The minimum absolute atomic E-state index is 0.307. The zero-order valence-electron chi connectivity index (χ0n) is 12.0. The first-order valence-corrected chi connectivity index (χ1v) is 8.21. The summed E-state index contributed by atoms with van der Waals surface area (Å²) in [7, 11) is 0. The third-order valence-electron chi connectivity index (χ3n) is 3.92. The van der Waals surface area contributed by atoms with Crippen LogP contribution in [-0.2, 0) is 17.3 Å². The maximum absolute atomic E-state index is 12.5. The van der Waals surface area contributed by atoms with Crippen molar-refractivity contribution in [1.82, 2.24) is 0 Å². The Balaban J connectivity index is 1.77. The van der Waals surface area contributed by atoms with E-state index in [-0.39, 0.29) is 0 Å². The van der Waals surface area contributed by atoms with Crippen LogP contribution in [0.15, 0.2) is 24.3 Å². The van der Waals surface area contributed by atoms with Gasteiger partial charge in [-0.05, 0) is 56.2 Å². The molecule has 0 saturated heterocycles. The molecule has 1 nitrogen and oxygen atoms in total. The summed E-state index contributed by atoms with van der Waals surface area (Å²) in [6, 6.07) is 5.45. The second kappa shape index (κ2) is 7.14. The van der Waals surface area contributed by atoms with Crippen LogP contribution < -0.4 is 0 Å². The SMILES string of the molecule is CCOC1CC(CC(Br)Cc2ccc(C(F)(F)F)cc2)C1. The molecule has 1 aliphatic rings. The number of hydrogen-bond acceptors (Lipinski definition) is 1. The van der Waals surface area contributed by atoms with E-state index in [9.17, 15) is 13.2 Å². The molecule has 0 aromatic heterocycles. The van der Waals surface area contributed by atoms with Gasteiger partial charge in [0.1, 0.15) is 0 Å². The number of alkyl halides is 4. The Labute approximate surface area is 132 Å². The van der Waals surface area contributed by atoms with E-state index < -0.39 is 11.7 Å². The summed E-state index contributed by atoms with van der Waals surface area (Å²) in [6.07, 6.45) is 0.155. The quantitative estimate of drug-likeness (QED) is 0.629. The van der Waals surface area contributed by atoms with Crippen molar-refractivity contribution in [3.05, 3.63) is 35.4 Å². The lowest BCUT2D eigenvalue weighted by atomic mass is 9.79. The summed E-state index contributed by atoms with van der Waals surface area (Å²) in [6.45, 7) is 2.77. The van der Waals surface area contributed by atoms with Gasteiger partial charge in [-0.1, -0.05) is 28.1 Å². The van der Waals surface area contributed by atoms with E-state index in [1.807, 2.05) is 6.92 Å². The third kappa shape index (κ3) is 4.99. The fraction of sp³-hybridized carbons (Fsp3) is 0.625. The Hall–Kier alpha value is -0.550. The normalized spacial score (nSPS) is 23.7. The van der Waals surface area contributed by atoms with Gasteiger partial charge in [0.15, 0.2) is 0 Å². The summed E-state index contributed by atoms with van der Waals surface area (Å²) < 4.78 is 43.0. The highest BCUT2D eigenvalue weighted by Crippen LogP contribution is 2.36. The molecule has 1 fully saturated rings. The molecule has 0 radical (unpaired) electrons. The molecule has 1 aliphatic carbocycles. The first-order chi connectivity index (χ1) is 9.88. The van der Waals surface area contributed by atoms with Gasteiger partial charge >= 0.3 is 6.18 Å².